The third-order valence-corrected chi connectivity index (χ3v) is 3.38. The van der Waals surface area contributed by atoms with Gasteiger partial charge in [0, 0.05) is 6.42 Å². The fourth-order valence-corrected chi connectivity index (χ4v) is 2.38. The summed E-state index contributed by atoms with van der Waals surface area (Å²) in [5.41, 5.74) is -0.921. The van der Waals surface area contributed by atoms with Crippen molar-refractivity contribution in [2.45, 2.75) is 44.9 Å². The van der Waals surface area contributed by atoms with Gasteiger partial charge >= 0.3 is 5.97 Å². The molecule has 94 valence electrons. The van der Waals surface area contributed by atoms with Gasteiger partial charge in [0.1, 0.15) is 6.54 Å². The summed E-state index contributed by atoms with van der Waals surface area (Å²) in [7, 11) is 0. The number of carboxylic acid groups (broad SMARTS) is 1. The van der Waals surface area contributed by atoms with Gasteiger partial charge in [0.05, 0.1) is 11.5 Å². The zero-order valence-corrected chi connectivity index (χ0v) is 9.87. The van der Waals surface area contributed by atoms with E-state index in [0.717, 1.165) is 25.7 Å². The Bertz CT molecular complexity index is 325. The highest BCUT2D eigenvalue weighted by Crippen LogP contribution is 2.38. The molecule has 0 bridgehead atoms. The summed E-state index contributed by atoms with van der Waals surface area (Å²) >= 11 is 0. The van der Waals surface area contributed by atoms with Gasteiger partial charge < -0.3 is 10.4 Å². The molecule has 1 rings (SSSR count). The standard InChI is InChI=1S/C12H18N2O3/c13-7-8-14-10(15)9-12(11(16)17)5-3-1-2-4-6-12/h1-6,8-9H2,(H,14,15)(H,16,17). The van der Waals surface area contributed by atoms with Crippen LogP contribution in [0.5, 0.6) is 0 Å². The lowest BCUT2D eigenvalue weighted by Gasteiger charge is -2.27. The molecule has 0 aromatic carbocycles. The molecule has 0 saturated heterocycles. The van der Waals surface area contributed by atoms with Crippen molar-refractivity contribution in [3.05, 3.63) is 0 Å². The summed E-state index contributed by atoms with van der Waals surface area (Å²) in [5, 5.41) is 20.1. The Morgan fingerprint density at radius 2 is 1.82 bits per heavy atom. The van der Waals surface area contributed by atoms with E-state index in [4.69, 9.17) is 5.26 Å². The monoisotopic (exact) mass is 238 g/mol. The number of aliphatic carboxylic acids is 1. The number of rotatable bonds is 4. The van der Waals surface area contributed by atoms with Crippen LogP contribution in [0.4, 0.5) is 0 Å². The second-order valence-electron chi connectivity index (χ2n) is 4.61. The molecule has 0 atom stereocenters. The number of nitrogens with one attached hydrogen (secondary N) is 1. The van der Waals surface area contributed by atoms with Crippen molar-refractivity contribution in [3.63, 3.8) is 0 Å². The highest BCUT2D eigenvalue weighted by Gasteiger charge is 2.40. The Hall–Kier alpha value is -1.57. The maximum absolute atomic E-state index is 11.6. The molecule has 0 radical (unpaired) electrons. The molecule has 0 unspecified atom stereocenters. The average molecular weight is 238 g/mol. The fraction of sp³-hybridized carbons (Fsp3) is 0.750. The number of nitrogens with zero attached hydrogens (tertiary/aromatic N) is 1. The molecule has 0 aromatic rings. The van der Waals surface area contributed by atoms with Gasteiger partial charge in [0.15, 0.2) is 0 Å². The summed E-state index contributed by atoms with van der Waals surface area (Å²) in [4.78, 5) is 23.0. The van der Waals surface area contributed by atoms with E-state index in [1.54, 1.807) is 0 Å². The predicted octanol–water partition coefficient (Wildman–Crippen LogP) is 1.44. The zero-order chi connectivity index (χ0) is 12.7. The largest absolute Gasteiger partial charge is 0.481 e. The minimum atomic E-state index is -0.921. The van der Waals surface area contributed by atoms with Crippen molar-refractivity contribution in [2.75, 3.05) is 6.54 Å². The van der Waals surface area contributed by atoms with E-state index < -0.39 is 11.4 Å². The van der Waals surface area contributed by atoms with Crippen LogP contribution in [0.25, 0.3) is 0 Å². The lowest BCUT2D eigenvalue weighted by Crippen LogP contribution is -2.37. The van der Waals surface area contributed by atoms with Crippen LogP contribution in [-0.4, -0.2) is 23.5 Å². The third kappa shape index (κ3) is 3.74. The summed E-state index contributed by atoms with van der Waals surface area (Å²) in [5.74, 6) is -1.22. The van der Waals surface area contributed by atoms with E-state index in [1.807, 2.05) is 6.07 Å². The van der Waals surface area contributed by atoms with Crippen LogP contribution in [-0.2, 0) is 9.59 Å². The zero-order valence-electron chi connectivity index (χ0n) is 9.87. The average Bonchev–Trinajstić information content (AvgIpc) is 2.53. The van der Waals surface area contributed by atoms with Crippen molar-refractivity contribution in [2.24, 2.45) is 5.41 Å². The molecule has 1 saturated carbocycles. The van der Waals surface area contributed by atoms with Crippen LogP contribution in [0.2, 0.25) is 0 Å². The molecule has 1 aliphatic rings. The van der Waals surface area contributed by atoms with Crippen molar-refractivity contribution >= 4 is 11.9 Å². The molecule has 0 spiro atoms. The molecule has 0 heterocycles. The SMILES string of the molecule is N#CCNC(=O)CC1(C(=O)O)CCCCCC1. The molecule has 0 aromatic heterocycles. The Balaban J connectivity index is 2.67. The maximum Gasteiger partial charge on any atom is 0.310 e. The van der Waals surface area contributed by atoms with E-state index in [-0.39, 0.29) is 18.9 Å². The van der Waals surface area contributed by atoms with Gasteiger partial charge in [0.2, 0.25) is 5.91 Å². The van der Waals surface area contributed by atoms with E-state index in [1.165, 1.54) is 0 Å². The van der Waals surface area contributed by atoms with Gasteiger partial charge in [-0.05, 0) is 12.8 Å². The van der Waals surface area contributed by atoms with Crippen LogP contribution >= 0.6 is 0 Å². The van der Waals surface area contributed by atoms with Crippen molar-refractivity contribution in [3.8, 4) is 6.07 Å². The molecular formula is C12H18N2O3. The fourth-order valence-electron chi connectivity index (χ4n) is 2.38. The highest BCUT2D eigenvalue weighted by atomic mass is 16.4. The van der Waals surface area contributed by atoms with Gasteiger partial charge in [-0.15, -0.1) is 0 Å². The second kappa shape index (κ2) is 6.24. The first-order valence-corrected chi connectivity index (χ1v) is 5.98. The summed E-state index contributed by atoms with van der Waals surface area (Å²) in [6.07, 6.45) is 4.90. The second-order valence-corrected chi connectivity index (χ2v) is 4.61. The van der Waals surface area contributed by atoms with Gasteiger partial charge in [-0.3, -0.25) is 9.59 Å². The minimum absolute atomic E-state index is 0.00991. The minimum Gasteiger partial charge on any atom is -0.481 e. The lowest BCUT2D eigenvalue weighted by molar-refractivity contribution is -0.152. The highest BCUT2D eigenvalue weighted by molar-refractivity contribution is 5.85. The van der Waals surface area contributed by atoms with Gasteiger partial charge in [0.25, 0.3) is 0 Å². The number of carbonyl (C=O) groups is 2. The molecular weight excluding hydrogens is 220 g/mol. The van der Waals surface area contributed by atoms with Crippen molar-refractivity contribution in [1.82, 2.24) is 5.32 Å². The number of hydrogen-bond acceptors (Lipinski definition) is 3. The molecule has 5 nitrogen and oxygen atoms in total. The van der Waals surface area contributed by atoms with Crippen LogP contribution in [0.3, 0.4) is 0 Å². The van der Waals surface area contributed by atoms with Gasteiger partial charge in [-0.2, -0.15) is 5.26 Å². The first-order valence-electron chi connectivity index (χ1n) is 5.98. The van der Waals surface area contributed by atoms with Crippen LogP contribution in [0.15, 0.2) is 0 Å². The number of carbonyl (C=O) groups excluding carboxylic acids is 1. The molecule has 1 aliphatic carbocycles. The maximum atomic E-state index is 11.6. The number of amides is 1. The van der Waals surface area contributed by atoms with Crippen LogP contribution < -0.4 is 5.32 Å². The van der Waals surface area contributed by atoms with Crippen molar-refractivity contribution < 1.29 is 14.7 Å². The summed E-state index contributed by atoms with van der Waals surface area (Å²) in [6, 6.07) is 1.81. The van der Waals surface area contributed by atoms with E-state index in [9.17, 15) is 14.7 Å². The molecule has 17 heavy (non-hydrogen) atoms. The number of hydrogen-bond donors (Lipinski definition) is 2. The number of carboxylic acids is 1. The predicted molar refractivity (Wildman–Crippen MR) is 61.0 cm³/mol. The van der Waals surface area contributed by atoms with Crippen LogP contribution in [0, 0.1) is 16.7 Å². The quantitative estimate of drug-likeness (QED) is 0.572. The number of nitriles is 1. The molecule has 1 amide bonds. The lowest BCUT2D eigenvalue weighted by atomic mass is 9.77. The summed E-state index contributed by atoms with van der Waals surface area (Å²) < 4.78 is 0. The summed E-state index contributed by atoms with van der Waals surface area (Å²) in [6.45, 7) is -0.0610. The van der Waals surface area contributed by atoms with Crippen molar-refractivity contribution in [1.29, 1.82) is 5.26 Å². The normalized spacial score (nSPS) is 18.8. The van der Waals surface area contributed by atoms with Gasteiger partial charge in [-0.1, -0.05) is 25.7 Å². The Morgan fingerprint density at radius 3 is 2.29 bits per heavy atom. The Morgan fingerprint density at radius 1 is 1.24 bits per heavy atom. The van der Waals surface area contributed by atoms with E-state index in [2.05, 4.69) is 5.32 Å². The Kier molecular flexibility index (Phi) is 4.95. The smallest absolute Gasteiger partial charge is 0.310 e. The Labute approximate surface area is 101 Å². The molecule has 1 fully saturated rings. The van der Waals surface area contributed by atoms with Crippen LogP contribution in [0.1, 0.15) is 44.9 Å². The molecule has 2 N–H and O–H groups in total. The third-order valence-electron chi connectivity index (χ3n) is 3.38. The van der Waals surface area contributed by atoms with E-state index >= 15 is 0 Å². The van der Waals surface area contributed by atoms with E-state index in [0.29, 0.717) is 12.8 Å². The van der Waals surface area contributed by atoms with Gasteiger partial charge in [-0.25, -0.2) is 0 Å². The molecule has 5 heteroatoms. The topological polar surface area (TPSA) is 90.2 Å². The first-order chi connectivity index (χ1) is 8.10. The molecule has 0 aliphatic heterocycles. The first kappa shape index (κ1) is 13.5.